The van der Waals surface area contributed by atoms with Crippen LogP contribution in [0.1, 0.15) is 158 Å². The van der Waals surface area contributed by atoms with Gasteiger partial charge in [-0.05, 0) is 37.0 Å². The quantitative estimate of drug-likeness (QED) is 0.0828. The van der Waals surface area contributed by atoms with Crippen molar-refractivity contribution in [1.29, 1.82) is 0 Å². The summed E-state index contributed by atoms with van der Waals surface area (Å²) in [7, 11) is 0. The fourth-order valence-electron chi connectivity index (χ4n) is 4.36. The van der Waals surface area contributed by atoms with Gasteiger partial charge in [0.1, 0.15) is 0 Å². The Morgan fingerprint density at radius 3 is 0.841 bits per heavy atom. The molecule has 0 amide bonds. The van der Waals surface area contributed by atoms with Crippen LogP contribution in [-0.4, -0.2) is 56.2 Å². The Hall–Kier alpha value is 0.259. The molecule has 0 aliphatic rings. The maximum absolute atomic E-state index is 10.4. The van der Waals surface area contributed by atoms with Crippen molar-refractivity contribution < 1.29 is 29.7 Å². The molecule has 0 aliphatic heterocycles. The summed E-state index contributed by atoms with van der Waals surface area (Å²) in [6.45, 7) is 14.9. The molecule has 6 atom stereocenters. The number of unbranched alkanes of at least 4 members (excludes halogenated alkanes) is 4. The zero-order valence-corrected chi connectivity index (χ0v) is 34.5. The Labute approximate surface area is 301 Å². The molecule has 6 nitrogen and oxygen atoms in total. The van der Waals surface area contributed by atoms with Crippen LogP contribution in [-0.2, 0) is 14.4 Å². The van der Waals surface area contributed by atoms with E-state index in [0.717, 1.165) is 38.5 Å². The standard InChI is InChI=1S/3C10H20O2S.C4H9.Sn/c3*1-3-5-6-8(4-2)7-9(13)10(11)12;1-3-4-2;/h3*8-9,13H,3-7H2,1-2H3,(H,11,12);1,3-4H2,2H3;/q;;;;+3/p-3. The van der Waals surface area contributed by atoms with E-state index in [1.54, 1.807) is 22.5 Å². The topological polar surface area (TPSA) is 120 Å². The molecule has 0 saturated carbocycles. The molecule has 0 spiro atoms. The van der Waals surface area contributed by atoms with Crippen molar-refractivity contribution in [3.05, 3.63) is 0 Å². The predicted molar refractivity (Wildman–Crippen MR) is 193 cm³/mol. The number of hydrogen-bond acceptors (Lipinski definition) is 9. The summed E-state index contributed by atoms with van der Waals surface area (Å²) < 4.78 is 1.43. The molecule has 0 saturated heterocycles. The molecule has 0 radical (unpaired) electrons. The SMILES string of the molecule is CCCCC(CC)CC(S)C(=O)[O-].CCCCC(CC)CC(S)C(=O)[O-].CCCCC(CC)CC(S)C(=O)[O-].CCC[CH2][Sn+3]. The summed E-state index contributed by atoms with van der Waals surface area (Å²) in [5.41, 5.74) is 0. The average Bonchev–Trinajstić information content (AvgIpc) is 3.00. The Balaban J connectivity index is -0.000000253. The summed E-state index contributed by atoms with van der Waals surface area (Å²) >= 11 is 13.6. The van der Waals surface area contributed by atoms with Crippen molar-refractivity contribution in [3.8, 4) is 0 Å². The molecule has 260 valence electrons. The van der Waals surface area contributed by atoms with Gasteiger partial charge in [-0.3, -0.25) is 0 Å². The van der Waals surface area contributed by atoms with E-state index >= 15 is 0 Å². The van der Waals surface area contributed by atoms with Gasteiger partial charge in [0.05, 0.1) is 17.9 Å². The van der Waals surface area contributed by atoms with Crippen LogP contribution in [0, 0.1) is 17.8 Å². The van der Waals surface area contributed by atoms with E-state index < -0.39 is 33.7 Å². The van der Waals surface area contributed by atoms with Gasteiger partial charge in [-0.25, -0.2) is 0 Å². The average molecular weight is 786 g/mol. The van der Waals surface area contributed by atoms with Gasteiger partial charge < -0.3 is 29.7 Å². The second-order valence-electron chi connectivity index (χ2n) is 11.6. The number of rotatable bonds is 23. The molecule has 0 N–H and O–H groups in total. The zero-order chi connectivity index (χ0) is 34.9. The molecule has 6 unspecified atom stereocenters. The Morgan fingerprint density at radius 1 is 0.500 bits per heavy atom. The second kappa shape index (κ2) is 37.7. The fraction of sp³-hybridized carbons (Fsp3) is 0.912. The van der Waals surface area contributed by atoms with Crippen LogP contribution in [0.4, 0.5) is 0 Å². The number of carboxylic acids is 3. The number of carboxylic acid groups (broad SMARTS) is 3. The first-order chi connectivity index (χ1) is 20.8. The van der Waals surface area contributed by atoms with Crippen LogP contribution in [0.2, 0.25) is 4.44 Å². The molecule has 0 aromatic heterocycles. The zero-order valence-electron chi connectivity index (χ0n) is 29.0. The molecule has 0 fully saturated rings. The molecule has 44 heavy (non-hydrogen) atoms. The summed E-state index contributed by atoms with van der Waals surface area (Å²) in [6, 6.07) is 0. The van der Waals surface area contributed by atoms with Crippen LogP contribution < -0.4 is 15.3 Å². The van der Waals surface area contributed by atoms with Gasteiger partial charge >= 0.3 is 46.7 Å². The van der Waals surface area contributed by atoms with Crippen molar-refractivity contribution in [2.75, 3.05) is 0 Å². The Kier molecular flexibility index (Phi) is 43.8. The fourth-order valence-corrected chi connectivity index (χ4v) is 6.26. The van der Waals surface area contributed by atoms with Crippen LogP contribution >= 0.6 is 37.9 Å². The summed E-state index contributed by atoms with van der Waals surface area (Å²) in [4.78, 5) is 31.3. The third-order valence-corrected chi connectivity index (χ3v) is 9.92. The molecule has 10 heteroatoms. The number of hydrogen-bond donors (Lipinski definition) is 3. The number of aliphatic carboxylic acids is 3. The Morgan fingerprint density at radius 2 is 0.727 bits per heavy atom. The molecule has 0 aliphatic carbocycles. The Bertz CT molecular complexity index is 574. The van der Waals surface area contributed by atoms with Crippen LogP contribution in [0.3, 0.4) is 0 Å². The van der Waals surface area contributed by atoms with E-state index in [9.17, 15) is 29.7 Å². The molecular weight excluding hydrogens is 719 g/mol. The van der Waals surface area contributed by atoms with E-state index in [1.165, 1.54) is 55.8 Å². The number of carbonyl (C=O) groups is 3. The third-order valence-electron chi connectivity index (χ3n) is 7.65. The van der Waals surface area contributed by atoms with Crippen LogP contribution in [0.15, 0.2) is 0 Å². The van der Waals surface area contributed by atoms with Crippen molar-refractivity contribution in [3.63, 3.8) is 0 Å². The third kappa shape index (κ3) is 36.7. The normalized spacial score (nSPS) is 14.5. The first kappa shape index (κ1) is 51.1. The van der Waals surface area contributed by atoms with E-state index in [2.05, 4.69) is 86.4 Å². The second-order valence-corrected chi connectivity index (χ2v) is 14.9. The first-order valence-corrected chi connectivity index (χ1v) is 20.6. The van der Waals surface area contributed by atoms with Crippen LogP contribution in [0.5, 0.6) is 0 Å². The predicted octanol–water partition coefficient (Wildman–Crippen LogP) is 6.30. The molecule has 0 bridgehead atoms. The minimum absolute atomic E-state index is 0.486. The first-order valence-electron chi connectivity index (χ1n) is 17.1. The van der Waals surface area contributed by atoms with Gasteiger partial charge in [-0.2, -0.15) is 37.9 Å². The summed E-state index contributed by atoms with van der Waals surface area (Å²) in [5.74, 6) is -1.67. The molecule has 0 aromatic rings. The van der Waals surface area contributed by atoms with Crippen molar-refractivity contribution in [2.45, 2.75) is 178 Å². The van der Waals surface area contributed by atoms with Gasteiger partial charge in [0.2, 0.25) is 0 Å². The number of carbonyl (C=O) groups excluding carboxylic acids is 3. The minimum atomic E-state index is -1.04. The van der Waals surface area contributed by atoms with E-state index in [1.807, 2.05) is 0 Å². The summed E-state index contributed by atoms with van der Waals surface area (Å²) in [6.07, 6.45) is 18.2. The summed E-state index contributed by atoms with van der Waals surface area (Å²) in [5, 5.41) is 29.5. The molecular formula is C34H66O6S3Sn. The van der Waals surface area contributed by atoms with Gasteiger partial charge in [0.15, 0.2) is 0 Å². The van der Waals surface area contributed by atoms with Crippen molar-refractivity contribution >= 4 is 78.3 Å². The monoisotopic (exact) mass is 786 g/mol. The molecule has 0 heterocycles. The van der Waals surface area contributed by atoms with Crippen LogP contribution in [0.25, 0.3) is 0 Å². The van der Waals surface area contributed by atoms with E-state index in [-0.39, 0.29) is 0 Å². The van der Waals surface area contributed by atoms with Gasteiger partial charge in [-0.1, -0.05) is 119 Å². The van der Waals surface area contributed by atoms with E-state index in [0.29, 0.717) is 37.0 Å². The van der Waals surface area contributed by atoms with Gasteiger partial charge in [0.25, 0.3) is 0 Å². The maximum atomic E-state index is 10.4. The van der Waals surface area contributed by atoms with Gasteiger partial charge in [-0.15, -0.1) is 0 Å². The van der Waals surface area contributed by atoms with Crippen molar-refractivity contribution in [2.24, 2.45) is 17.8 Å². The van der Waals surface area contributed by atoms with Gasteiger partial charge in [0, 0.05) is 15.7 Å². The molecule has 0 rings (SSSR count). The van der Waals surface area contributed by atoms with Crippen molar-refractivity contribution in [1.82, 2.24) is 0 Å². The number of thiol groups is 3. The van der Waals surface area contributed by atoms with E-state index in [4.69, 9.17) is 0 Å². The molecule has 0 aromatic carbocycles.